The van der Waals surface area contributed by atoms with E-state index in [2.05, 4.69) is 21.8 Å². The van der Waals surface area contributed by atoms with Gasteiger partial charge in [-0.3, -0.25) is 4.79 Å². The molecule has 1 N–H and O–H groups in total. The molecule has 0 radical (unpaired) electrons. The normalized spacial score (nSPS) is 10.4. The molecule has 0 unspecified atom stereocenters. The molecule has 0 spiro atoms. The van der Waals surface area contributed by atoms with Gasteiger partial charge in [0.25, 0.3) is 0 Å². The first-order valence-electron chi connectivity index (χ1n) is 3.99. The van der Waals surface area contributed by atoms with Crippen molar-refractivity contribution in [1.29, 1.82) is 0 Å². The Kier molecular flexibility index (Phi) is 3.45. The zero-order valence-electron chi connectivity index (χ0n) is 7.75. The van der Waals surface area contributed by atoms with Gasteiger partial charge in [0.1, 0.15) is 6.42 Å². The van der Waals surface area contributed by atoms with Crippen LogP contribution < -0.4 is 0 Å². The largest absolute Gasteiger partial charge is 0.481 e. The lowest BCUT2D eigenvalue weighted by molar-refractivity contribution is -0.145. The van der Waals surface area contributed by atoms with Crippen molar-refractivity contribution >= 4 is 5.97 Å². The Balaban J connectivity index is 2.78. The van der Waals surface area contributed by atoms with Gasteiger partial charge in [0, 0.05) is 12.4 Å². The highest BCUT2D eigenvalue weighted by Gasteiger charge is 2.34. The van der Waals surface area contributed by atoms with Gasteiger partial charge in [0.15, 0.2) is 0 Å². The van der Waals surface area contributed by atoms with Crippen molar-refractivity contribution in [2.45, 2.75) is 12.6 Å². The number of hydrogen-bond donors (Lipinski definition) is 1. The summed E-state index contributed by atoms with van der Waals surface area (Å²) >= 11 is 0. The van der Waals surface area contributed by atoms with Gasteiger partial charge in [0.2, 0.25) is 5.82 Å². The minimum Gasteiger partial charge on any atom is -0.481 e. The van der Waals surface area contributed by atoms with E-state index in [1.165, 1.54) is 0 Å². The van der Waals surface area contributed by atoms with Crippen molar-refractivity contribution < 1.29 is 23.1 Å². The molecule has 0 amide bonds. The molecule has 0 aromatic carbocycles. The summed E-state index contributed by atoms with van der Waals surface area (Å²) < 4.78 is 36.1. The Bertz CT molecular complexity index is 443. The highest BCUT2D eigenvalue weighted by Crippen LogP contribution is 2.25. The summed E-state index contributed by atoms with van der Waals surface area (Å²) in [6.07, 6.45) is -3.19. The van der Waals surface area contributed by atoms with Crippen molar-refractivity contribution in [3.63, 3.8) is 0 Å². The number of carboxylic acids is 1. The Morgan fingerprint density at radius 2 is 1.94 bits per heavy atom. The molecular formula is C9H5F3N2O2. The maximum atomic E-state index is 12.0. The molecular weight excluding hydrogens is 225 g/mol. The van der Waals surface area contributed by atoms with E-state index in [4.69, 9.17) is 5.11 Å². The minimum atomic E-state index is -4.59. The Hall–Kier alpha value is -2.10. The summed E-state index contributed by atoms with van der Waals surface area (Å²) in [5.74, 6) is 2.22. The van der Waals surface area contributed by atoms with Crippen molar-refractivity contribution in [2.75, 3.05) is 0 Å². The van der Waals surface area contributed by atoms with E-state index in [0.717, 1.165) is 12.4 Å². The average Bonchev–Trinajstić information content (AvgIpc) is 2.16. The molecule has 0 atom stereocenters. The fourth-order valence-corrected chi connectivity index (χ4v) is 0.761. The van der Waals surface area contributed by atoms with Gasteiger partial charge in [0.05, 0.1) is 5.56 Å². The lowest BCUT2D eigenvalue weighted by Gasteiger charge is -2.02. The van der Waals surface area contributed by atoms with Gasteiger partial charge in [-0.05, 0) is 0 Å². The van der Waals surface area contributed by atoms with Crippen LogP contribution in [0.3, 0.4) is 0 Å². The van der Waals surface area contributed by atoms with E-state index in [-0.39, 0.29) is 12.0 Å². The SMILES string of the molecule is O=C(O)CC#Cc1cnc(C(F)(F)F)nc1. The molecule has 0 aliphatic rings. The van der Waals surface area contributed by atoms with E-state index in [1.54, 1.807) is 0 Å². The quantitative estimate of drug-likeness (QED) is 0.739. The van der Waals surface area contributed by atoms with Crippen LogP contribution in [0.1, 0.15) is 17.8 Å². The average molecular weight is 230 g/mol. The number of aromatic nitrogens is 2. The number of aliphatic carboxylic acids is 1. The van der Waals surface area contributed by atoms with Crippen LogP contribution in [0.2, 0.25) is 0 Å². The third kappa shape index (κ3) is 3.57. The predicted molar refractivity (Wildman–Crippen MR) is 46.2 cm³/mol. The van der Waals surface area contributed by atoms with Gasteiger partial charge in [-0.15, -0.1) is 0 Å². The fraction of sp³-hybridized carbons (Fsp3) is 0.222. The molecule has 1 aromatic heterocycles. The van der Waals surface area contributed by atoms with Gasteiger partial charge >= 0.3 is 12.1 Å². The van der Waals surface area contributed by atoms with E-state index in [0.29, 0.717) is 0 Å². The van der Waals surface area contributed by atoms with E-state index >= 15 is 0 Å². The molecule has 0 saturated carbocycles. The highest BCUT2D eigenvalue weighted by molar-refractivity contribution is 5.70. The lowest BCUT2D eigenvalue weighted by Crippen LogP contribution is -2.10. The number of halogens is 3. The molecule has 0 bridgehead atoms. The van der Waals surface area contributed by atoms with Crippen molar-refractivity contribution in [3.05, 3.63) is 23.8 Å². The van der Waals surface area contributed by atoms with Crippen molar-refractivity contribution in [1.82, 2.24) is 9.97 Å². The topological polar surface area (TPSA) is 63.1 Å². The van der Waals surface area contributed by atoms with E-state index in [1.807, 2.05) is 0 Å². The standard InChI is InChI=1S/C9H5F3N2O2/c10-9(11,12)8-13-4-6(5-14-8)2-1-3-7(15)16/h4-5H,3H2,(H,15,16). The van der Waals surface area contributed by atoms with Crippen LogP contribution in [0.25, 0.3) is 0 Å². The zero-order chi connectivity index (χ0) is 12.2. The van der Waals surface area contributed by atoms with Crippen LogP contribution in [0.15, 0.2) is 12.4 Å². The monoisotopic (exact) mass is 230 g/mol. The van der Waals surface area contributed by atoms with E-state index < -0.39 is 18.0 Å². The maximum absolute atomic E-state index is 12.0. The second-order valence-corrected chi connectivity index (χ2v) is 2.67. The Morgan fingerprint density at radius 3 is 2.38 bits per heavy atom. The van der Waals surface area contributed by atoms with Crippen molar-refractivity contribution in [2.24, 2.45) is 0 Å². The summed E-state index contributed by atoms with van der Waals surface area (Å²) in [5.41, 5.74) is 0.134. The van der Waals surface area contributed by atoms with E-state index in [9.17, 15) is 18.0 Å². The molecule has 7 heteroatoms. The number of carbonyl (C=O) groups is 1. The molecule has 1 heterocycles. The molecule has 0 saturated heterocycles. The smallest absolute Gasteiger partial charge is 0.451 e. The van der Waals surface area contributed by atoms with Gasteiger partial charge in [-0.2, -0.15) is 13.2 Å². The Morgan fingerprint density at radius 1 is 1.38 bits per heavy atom. The molecule has 0 aliphatic carbocycles. The third-order valence-corrected chi connectivity index (χ3v) is 1.38. The first kappa shape index (κ1) is 12.0. The lowest BCUT2D eigenvalue weighted by atomic mass is 10.3. The summed E-state index contributed by atoms with van der Waals surface area (Å²) in [6.45, 7) is 0. The van der Waals surface area contributed by atoms with Gasteiger partial charge in [-0.1, -0.05) is 11.8 Å². The zero-order valence-corrected chi connectivity index (χ0v) is 7.75. The molecule has 4 nitrogen and oxygen atoms in total. The van der Waals surface area contributed by atoms with Crippen LogP contribution in [-0.4, -0.2) is 21.0 Å². The molecule has 0 aliphatic heterocycles. The number of nitrogens with zero attached hydrogens (tertiary/aromatic N) is 2. The number of hydrogen-bond acceptors (Lipinski definition) is 3. The van der Waals surface area contributed by atoms with Crippen LogP contribution in [0.4, 0.5) is 13.2 Å². The van der Waals surface area contributed by atoms with Gasteiger partial charge < -0.3 is 5.11 Å². The summed E-state index contributed by atoms with van der Waals surface area (Å²) in [7, 11) is 0. The molecule has 1 aromatic rings. The highest BCUT2D eigenvalue weighted by atomic mass is 19.4. The predicted octanol–water partition coefficient (Wildman–Crippen LogP) is 1.32. The molecule has 84 valence electrons. The number of rotatable bonds is 1. The number of carboxylic acid groups (broad SMARTS) is 1. The first-order chi connectivity index (χ1) is 7.39. The maximum Gasteiger partial charge on any atom is 0.451 e. The minimum absolute atomic E-state index is 0.134. The summed E-state index contributed by atoms with van der Waals surface area (Å²) in [4.78, 5) is 16.2. The van der Waals surface area contributed by atoms with Crippen LogP contribution in [-0.2, 0) is 11.0 Å². The van der Waals surface area contributed by atoms with Crippen LogP contribution >= 0.6 is 0 Å². The molecule has 1 rings (SSSR count). The molecule has 16 heavy (non-hydrogen) atoms. The second kappa shape index (κ2) is 4.61. The third-order valence-electron chi connectivity index (χ3n) is 1.38. The van der Waals surface area contributed by atoms with Crippen LogP contribution in [0, 0.1) is 11.8 Å². The first-order valence-corrected chi connectivity index (χ1v) is 3.99. The summed E-state index contributed by atoms with van der Waals surface area (Å²) in [6, 6.07) is 0. The summed E-state index contributed by atoms with van der Waals surface area (Å²) in [5, 5.41) is 8.26. The Labute approximate surface area is 88.1 Å². The van der Waals surface area contributed by atoms with Crippen molar-refractivity contribution in [3.8, 4) is 11.8 Å². The molecule has 0 fully saturated rings. The van der Waals surface area contributed by atoms with Crippen LogP contribution in [0.5, 0.6) is 0 Å². The number of alkyl halides is 3. The fourth-order valence-electron chi connectivity index (χ4n) is 0.761. The van der Waals surface area contributed by atoms with Gasteiger partial charge in [-0.25, -0.2) is 9.97 Å². The second-order valence-electron chi connectivity index (χ2n) is 2.67.